The van der Waals surface area contributed by atoms with Crippen molar-refractivity contribution in [1.29, 1.82) is 0 Å². The molecule has 3 aromatic rings. The van der Waals surface area contributed by atoms with E-state index in [4.69, 9.17) is 16.3 Å². The van der Waals surface area contributed by atoms with Gasteiger partial charge in [0.1, 0.15) is 5.82 Å². The molecule has 2 N–H and O–H groups in total. The molecule has 1 aliphatic heterocycles. The molecule has 0 aliphatic carbocycles. The predicted molar refractivity (Wildman–Crippen MR) is 110 cm³/mol. The largest absolute Gasteiger partial charge is 0.410 e. The summed E-state index contributed by atoms with van der Waals surface area (Å²) in [7, 11) is 0. The quantitative estimate of drug-likeness (QED) is 0.590. The van der Waals surface area contributed by atoms with E-state index >= 15 is 0 Å². The monoisotopic (exact) mass is 444 g/mol. The third-order valence-corrected chi connectivity index (χ3v) is 4.99. The Morgan fingerprint density at radius 2 is 2.03 bits per heavy atom. The van der Waals surface area contributed by atoms with Crippen molar-refractivity contribution in [2.24, 2.45) is 0 Å². The molecule has 10 heteroatoms. The highest BCUT2D eigenvalue weighted by Gasteiger charge is 2.50. The summed E-state index contributed by atoms with van der Waals surface area (Å²) in [5.74, 6) is -3.63. The van der Waals surface area contributed by atoms with E-state index in [2.05, 4.69) is 10.4 Å². The molecule has 2 amide bonds. The number of hydrogen-bond donors (Lipinski definition) is 2. The molecular weight excluding hydrogens is 427 g/mol. The van der Waals surface area contributed by atoms with Crippen LogP contribution in [-0.2, 0) is 16.1 Å². The molecule has 1 atom stereocenters. The van der Waals surface area contributed by atoms with Crippen molar-refractivity contribution < 1.29 is 23.8 Å². The van der Waals surface area contributed by atoms with Crippen LogP contribution in [0, 0.1) is 5.82 Å². The summed E-state index contributed by atoms with van der Waals surface area (Å²) in [4.78, 5) is 26.2. The first kappa shape index (κ1) is 20.8. The Labute approximate surface area is 181 Å². The zero-order valence-corrected chi connectivity index (χ0v) is 16.9. The Morgan fingerprint density at radius 3 is 2.77 bits per heavy atom. The van der Waals surface area contributed by atoms with Crippen LogP contribution in [0.3, 0.4) is 0 Å². The van der Waals surface area contributed by atoms with Crippen molar-refractivity contribution in [3.05, 3.63) is 77.3 Å². The molecule has 1 unspecified atom stereocenters. The fraction of sp³-hybridized carbons (Fsp3) is 0.190. The molecule has 0 bridgehead atoms. The Bertz CT molecular complexity index is 1100. The fourth-order valence-corrected chi connectivity index (χ4v) is 3.52. The van der Waals surface area contributed by atoms with E-state index in [1.807, 2.05) is 30.3 Å². The number of carbonyl (C=O) groups excluding carboxylic acids is 2. The molecule has 4 rings (SSSR count). The summed E-state index contributed by atoms with van der Waals surface area (Å²) in [6, 6.07) is 13.1. The smallest absolute Gasteiger partial charge is 0.407 e. The Morgan fingerprint density at radius 1 is 1.26 bits per heavy atom. The minimum Gasteiger partial charge on any atom is -0.407 e. The van der Waals surface area contributed by atoms with E-state index in [1.165, 1.54) is 23.2 Å². The number of nitrogens with zero attached hydrogens (tertiary/aromatic N) is 3. The standard InChI is InChI=1S/C21H18ClFN4O4/c22-15-8-14(9-16(23)10-15)11-24-20(29)31-21(30)6-7-26(19(21)28)18-12-25-27(13-18)17-4-2-1-3-5-17/h1-5,8-10,12-13,30H,6-7,11H2,(H,24,29). The minimum absolute atomic E-state index is 0.0891. The van der Waals surface area contributed by atoms with Gasteiger partial charge in [-0.2, -0.15) is 5.10 Å². The molecule has 1 saturated heterocycles. The number of hydrogen-bond acceptors (Lipinski definition) is 5. The van der Waals surface area contributed by atoms with E-state index in [-0.39, 0.29) is 24.5 Å². The molecule has 31 heavy (non-hydrogen) atoms. The number of aromatic nitrogens is 2. The maximum absolute atomic E-state index is 13.4. The van der Waals surface area contributed by atoms with Gasteiger partial charge in [0.05, 0.1) is 23.8 Å². The van der Waals surface area contributed by atoms with Crippen LogP contribution in [0.15, 0.2) is 60.9 Å². The number of nitrogens with one attached hydrogen (secondary N) is 1. The number of alkyl carbamates (subject to hydrolysis) is 1. The van der Waals surface area contributed by atoms with E-state index < -0.39 is 23.6 Å². The van der Waals surface area contributed by atoms with Crippen molar-refractivity contribution in [2.45, 2.75) is 18.8 Å². The number of carbonyl (C=O) groups is 2. The van der Waals surface area contributed by atoms with Crippen LogP contribution in [0.25, 0.3) is 5.69 Å². The molecule has 0 spiro atoms. The highest BCUT2D eigenvalue weighted by Crippen LogP contribution is 2.29. The van der Waals surface area contributed by atoms with Gasteiger partial charge >= 0.3 is 6.09 Å². The maximum Gasteiger partial charge on any atom is 0.410 e. The second-order valence-electron chi connectivity index (χ2n) is 6.99. The van der Waals surface area contributed by atoms with Gasteiger partial charge in [-0.3, -0.25) is 4.79 Å². The van der Waals surface area contributed by atoms with Crippen molar-refractivity contribution in [3.63, 3.8) is 0 Å². The molecule has 160 valence electrons. The van der Waals surface area contributed by atoms with Crippen molar-refractivity contribution in [3.8, 4) is 5.69 Å². The fourth-order valence-electron chi connectivity index (χ4n) is 3.28. The van der Waals surface area contributed by atoms with Crippen LogP contribution in [-0.4, -0.2) is 39.2 Å². The molecule has 0 saturated carbocycles. The van der Waals surface area contributed by atoms with Crippen molar-refractivity contribution in [2.75, 3.05) is 11.4 Å². The number of halogens is 2. The molecule has 2 heterocycles. The second-order valence-corrected chi connectivity index (χ2v) is 7.43. The number of anilines is 1. The zero-order chi connectivity index (χ0) is 22.0. The molecule has 8 nitrogen and oxygen atoms in total. The van der Waals surface area contributed by atoms with Crippen molar-refractivity contribution >= 4 is 29.3 Å². The number of ether oxygens (including phenoxy) is 1. The van der Waals surface area contributed by atoms with Gasteiger partial charge in [-0.1, -0.05) is 29.8 Å². The van der Waals surface area contributed by atoms with Crippen LogP contribution in [0.2, 0.25) is 5.02 Å². The molecule has 1 aromatic heterocycles. The van der Waals surface area contributed by atoms with Gasteiger partial charge < -0.3 is 20.1 Å². The van der Waals surface area contributed by atoms with E-state index in [0.29, 0.717) is 11.3 Å². The SMILES string of the molecule is O=C(NCc1cc(F)cc(Cl)c1)OC1(O)CCN(c2cnn(-c3ccccc3)c2)C1=O. The first-order chi connectivity index (χ1) is 14.8. The van der Waals surface area contributed by atoms with Crippen LogP contribution >= 0.6 is 11.6 Å². The normalized spacial score (nSPS) is 18.3. The number of benzene rings is 2. The van der Waals surface area contributed by atoms with Crippen molar-refractivity contribution in [1.82, 2.24) is 15.1 Å². The molecular formula is C21H18ClFN4O4. The minimum atomic E-state index is -2.31. The summed E-state index contributed by atoms with van der Waals surface area (Å²) in [6.07, 6.45) is 2.01. The van der Waals surface area contributed by atoms with Gasteiger partial charge in [0.2, 0.25) is 0 Å². The third-order valence-electron chi connectivity index (χ3n) is 4.78. The molecule has 0 radical (unpaired) electrons. The maximum atomic E-state index is 13.4. The average Bonchev–Trinajstić information content (AvgIpc) is 3.32. The first-order valence-corrected chi connectivity index (χ1v) is 9.78. The number of amides is 2. The topological polar surface area (TPSA) is 96.7 Å². The lowest BCUT2D eigenvalue weighted by Gasteiger charge is -2.21. The summed E-state index contributed by atoms with van der Waals surface area (Å²) in [5, 5.41) is 17.4. The Kier molecular flexibility index (Phi) is 5.62. The Hall–Kier alpha value is -3.43. The third kappa shape index (κ3) is 4.52. The highest BCUT2D eigenvalue weighted by molar-refractivity contribution is 6.30. The van der Waals surface area contributed by atoms with Gasteiger partial charge in [0, 0.05) is 24.5 Å². The number of para-hydroxylation sites is 1. The summed E-state index contributed by atoms with van der Waals surface area (Å²) in [5.41, 5.74) is 1.67. The van der Waals surface area contributed by atoms with E-state index in [0.717, 1.165) is 11.8 Å². The van der Waals surface area contributed by atoms with Crippen LogP contribution in [0.1, 0.15) is 12.0 Å². The number of rotatable bonds is 5. The van der Waals surface area contributed by atoms with E-state index in [9.17, 15) is 19.1 Å². The van der Waals surface area contributed by atoms with Gasteiger partial charge in [-0.05, 0) is 35.9 Å². The van der Waals surface area contributed by atoms with E-state index in [1.54, 1.807) is 10.9 Å². The van der Waals surface area contributed by atoms with Crippen LogP contribution in [0.4, 0.5) is 14.9 Å². The van der Waals surface area contributed by atoms with Gasteiger partial charge in [0.15, 0.2) is 0 Å². The second kappa shape index (κ2) is 8.37. The average molecular weight is 445 g/mol. The summed E-state index contributed by atoms with van der Waals surface area (Å²) < 4.78 is 20.0. The predicted octanol–water partition coefficient (Wildman–Crippen LogP) is 3.02. The lowest BCUT2D eigenvalue weighted by molar-refractivity contribution is -0.175. The lowest BCUT2D eigenvalue weighted by Crippen LogP contribution is -2.46. The molecule has 1 fully saturated rings. The lowest BCUT2D eigenvalue weighted by atomic mass is 10.2. The van der Waals surface area contributed by atoms with Gasteiger partial charge in [0.25, 0.3) is 11.7 Å². The highest BCUT2D eigenvalue weighted by atomic mass is 35.5. The molecule has 2 aromatic carbocycles. The Balaban J connectivity index is 1.39. The first-order valence-electron chi connectivity index (χ1n) is 9.40. The van der Waals surface area contributed by atoms with Gasteiger partial charge in [-0.15, -0.1) is 0 Å². The number of aliphatic hydroxyl groups is 1. The molecule has 1 aliphatic rings. The van der Waals surface area contributed by atoms with Crippen LogP contribution < -0.4 is 10.2 Å². The summed E-state index contributed by atoms with van der Waals surface area (Å²) in [6.45, 7) is 0.0523. The van der Waals surface area contributed by atoms with Gasteiger partial charge in [-0.25, -0.2) is 13.9 Å². The van der Waals surface area contributed by atoms with Crippen LogP contribution in [0.5, 0.6) is 0 Å². The zero-order valence-electron chi connectivity index (χ0n) is 16.2. The summed E-state index contributed by atoms with van der Waals surface area (Å²) >= 11 is 5.78.